The molecule has 5 N–H and O–H groups in total. The van der Waals surface area contributed by atoms with Crippen molar-refractivity contribution in [3.63, 3.8) is 0 Å². The zero-order chi connectivity index (χ0) is 11.4. The van der Waals surface area contributed by atoms with Crippen molar-refractivity contribution in [2.45, 2.75) is 19.9 Å². The van der Waals surface area contributed by atoms with Crippen molar-refractivity contribution in [3.05, 3.63) is 23.9 Å². The van der Waals surface area contributed by atoms with Crippen LogP contribution >= 0.6 is 0 Å². The molecule has 1 aromatic heterocycles. The van der Waals surface area contributed by atoms with Gasteiger partial charge in [0.05, 0.1) is 6.67 Å². The summed E-state index contributed by atoms with van der Waals surface area (Å²) in [4.78, 5) is 5.83. The van der Waals surface area contributed by atoms with Crippen LogP contribution in [-0.4, -0.2) is 28.4 Å². The van der Waals surface area contributed by atoms with Crippen molar-refractivity contribution in [1.82, 2.24) is 9.88 Å². The topological polar surface area (TPSA) is 92.0 Å². The van der Waals surface area contributed by atoms with E-state index < -0.39 is 0 Å². The number of nitrogens with one attached hydrogen (secondary N) is 1. The molecule has 0 saturated heterocycles. The minimum absolute atomic E-state index is 0.172. The molecule has 0 aromatic carbocycles. The van der Waals surface area contributed by atoms with Gasteiger partial charge in [-0.2, -0.15) is 0 Å². The third-order valence-electron chi connectivity index (χ3n) is 2.12. The smallest absolute Gasteiger partial charge is 0.148 e. The van der Waals surface area contributed by atoms with Crippen molar-refractivity contribution < 1.29 is 0 Å². The summed E-state index contributed by atoms with van der Waals surface area (Å²) < 4.78 is 0. The lowest BCUT2D eigenvalue weighted by Gasteiger charge is -2.26. The van der Waals surface area contributed by atoms with Crippen LogP contribution in [0.3, 0.4) is 0 Å². The third kappa shape index (κ3) is 2.66. The Hall–Kier alpha value is -1.62. The van der Waals surface area contributed by atoms with E-state index in [0.717, 1.165) is 0 Å². The molecule has 0 radical (unpaired) electrons. The summed E-state index contributed by atoms with van der Waals surface area (Å²) in [6.45, 7) is 4.26. The van der Waals surface area contributed by atoms with E-state index in [2.05, 4.69) is 4.98 Å². The van der Waals surface area contributed by atoms with E-state index in [1.165, 1.54) is 0 Å². The predicted molar refractivity (Wildman–Crippen MR) is 61.5 cm³/mol. The molecule has 5 heteroatoms. The minimum Gasteiger partial charge on any atom is -0.384 e. The van der Waals surface area contributed by atoms with Gasteiger partial charge in [0.2, 0.25) is 0 Å². The Morgan fingerprint density at radius 2 is 2.20 bits per heavy atom. The Kier molecular flexibility index (Phi) is 3.62. The van der Waals surface area contributed by atoms with Crippen molar-refractivity contribution in [2.75, 3.05) is 12.4 Å². The zero-order valence-electron chi connectivity index (χ0n) is 9.07. The SMILES string of the molecule is CC(C)N(CN)C(=N)c1cccc(N)n1. The fourth-order valence-corrected chi connectivity index (χ4v) is 1.29. The average molecular weight is 207 g/mol. The molecule has 0 amide bonds. The van der Waals surface area contributed by atoms with Crippen molar-refractivity contribution >= 4 is 11.7 Å². The summed E-state index contributed by atoms with van der Waals surface area (Å²) >= 11 is 0. The van der Waals surface area contributed by atoms with Gasteiger partial charge in [-0.3, -0.25) is 5.41 Å². The van der Waals surface area contributed by atoms with Crippen LogP contribution in [0.2, 0.25) is 0 Å². The van der Waals surface area contributed by atoms with E-state index in [9.17, 15) is 0 Å². The van der Waals surface area contributed by atoms with E-state index in [0.29, 0.717) is 24.0 Å². The number of nitrogen functional groups attached to an aromatic ring is 1. The Bertz CT molecular complexity index is 347. The van der Waals surface area contributed by atoms with Crippen molar-refractivity contribution in [3.8, 4) is 0 Å². The number of pyridine rings is 1. The Labute approximate surface area is 89.6 Å². The van der Waals surface area contributed by atoms with Crippen LogP contribution in [0.25, 0.3) is 0 Å². The number of aromatic nitrogens is 1. The molecule has 0 fully saturated rings. The highest BCUT2D eigenvalue weighted by Gasteiger charge is 2.14. The summed E-state index contributed by atoms with van der Waals surface area (Å²) in [7, 11) is 0. The number of nitrogens with two attached hydrogens (primary N) is 2. The number of rotatable bonds is 3. The first-order chi connectivity index (χ1) is 7.06. The first-order valence-corrected chi connectivity index (χ1v) is 4.84. The van der Waals surface area contributed by atoms with Crippen LogP contribution in [0.4, 0.5) is 5.82 Å². The number of amidine groups is 1. The summed E-state index contributed by atoms with van der Waals surface area (Å²) in [5.41, 5.74) is 11.7. The molecule has 0 aliphatic heterocycles. The Balaban J connectivity index is 2.93. The van der Waals surface area contributed by atoms with Crippen LogP contribution < -0.4 is 11.5 Å². The Morgan fingerprint density at radius 1 is 1.53 bits per heavy atom. The number of hydrogen-bond acceptors (Lipinski definition) is 4. The normalized spacial score (nSPS) is 10.4. The molecule has 0 unspecified atom stereocenters. The third-order valence-corrected chi connectivity index (χ3v) is 2.12. The lowest BCUT2D eigenvalue weighted by molar-refractivity contribution is 0.357. The van der Waals surface area contributed by atoms with Gasteiger partial charge in [-0.05, 0) is 26.0 Å². The van der Waals surface area contributed by atoms with Gasteiger partial charge >= 0.3 is 0 Å². The molecule has 0 atom stereocenters. The maximum atomic E-state index is 7.94. The largest absolute Gasteiger partial charge is 0.384 e. The van der Waals surface area contributed by atoms with Crippen LogP contribution in [0, 0.1) is 5.41 Å². The fourth-order valence-electron chi connectivity index (χ4n) is 1.29. The molecular weight excluding hydrogens is 190 g/mol. The molecule has 82 valence electrons. The summed E-state index contributed by atoms with van der Waals surface area (Å²) in [5.74, 6) is 0.720. The van der Waals surface area contributed by atoms with Gasteiger partial charge in [-0.15, -0.1) is 0 Å². The summed E-state index contributed by atoms with van der Waals surface area (Å²) in [5, 5.41) is 7.94. The maximum absolute atomic E-state index is 7.94. The number of nitrogens with zero attached hydrogens (tertiary/aromatic N) is 2. The second-order valence-corrected chi connectivity index (χ2v) is 3.54. The first kappa shape index (κ1) is 11.5. The molecule has 0 aliphatic rings. The van der Waals surface area contributed by atoms with E-state index in [4.69, 9.17) is 16.9 Å². The lowest BCUT2D eigenvalue weighted by Crippen LogP contribution is -2.41. The van der Waals surface area contributed by atoms with Crippen molar-refractivity contribution in [2.24, 2.45) is 5.73 Å². The highest BCUT2D eigenvalue weighted by Crippen LogP contribution is 2.06. The van der Waals surface area contributed by atoms with Crippen LogP contribution in [0.1, 0.15) is 19.5 Å². The van der Waals surface area contributed by atoms with Gasteiger partial charge in [0.1, 0.15) is 17.3 Å². The van der Waals surface area contributed by atoms with Crippen LogP contribution in [-0.2, 0) is 0 Å². The lowest BCUT2D eigenvalue weighted by atomic mass is 10.2. The van der Waals surface area contributed by atoms with Gasteiger partial charge in [-0.1, -0.05) is 6.07 Å². The van der Waals surface area contributed by atoms with Gasteiger partial charge in [0, 0.05) is 6.04 Å². The second-order valence-electron chi connectivity index (χ2n) is 3.54. The zero-order valence-corrected chi connectivity index (χ0v) is 9.07. The molecule has 0 spiro atoms. The van der Waals surface area contributed by atoms with Crippen molar-refractivity contribution in [1.29, 1.82) is 5.41 Å². The molecule has 15 heavy (non-hydrogen) atoms. The quantitative estimate of drug-likeness (QED) is 0.385. The molecular formula is C10H17N5. The number of hydrogen-bond donors (Lipinski definition) is 3. The van der Waals surface area contributed by atoms with Gasteiger partial charge in [0.15, 0.2) is 0 Å². The first-order valence-electron chi connectivity index (χ1n) is 4.84. The number of anilines is 1. The molecule has 1 heterocycles. The monoisotopic (exact) mass is 207 g/mol. The van der Waals surface area contributed by atoms with Gasteiger partial charge in [0.25, 0.3) is 0 Å². The van der Waals surface area contributed by atoms with Gasteiger partial charge in [-0.25, -0.2) is 4.98 Å². The maximum Gasteiger partial charge on any atom is 0.148 e. The summed E-state index contributed by atoms with van der Waals surface area (Å²) in [6.07, 6.45) is 0. The molecule has 1 rings (SSSR count). The summed E-state index contributed by atoms with van der Waals surface area (Å²) in [6, 6.07) is 5.40. The van der Waals surface area contributed by atoms with E-state index in [-0.39, 0.29) is 6.04 Å². The van der Waals surface area contributed by atoms with E-state index in [1.807, 2.05) is 13.8 Å². The average Bonchev–Trinajstić information content (AvgIpc) is 2.18. The van der Waals surface area contributed by atoms with Gasteiger partial charge < -0.3 is 16.4 Å². The molecule has 0 saturated carbocycles. The van der Waals surface area contributed by atoms with E-state index >= 15 is 0 Å². The second kappa shape index (κ2) is 4.75. The molecule has 0 aliphatic carbocycles. The highest BCUT2D eigenvalue weighted by molar-refractivity contribution is 5.94. The molecule has 0 bridgehead atoms. The Morgan fingerprint density at radius 3 is 2.67 bits per heavy atom. The fraction of sp³-hybridized carbons (Fsp3) is 0.400. The van der Waals surface area contributed by atoms with Crippen LogP contribution in [0.5, 0.6) is 0 Å². The minimum atomic E-state index is 0.172. The van der Waals surface area contributed by atoms with Crippen LogP contribution in [0.15, 0.2) is 18.2 Å². The van der Waals surface area contributed by atoms with E-state index in [1.54, 1.807) is 23.1 Å². The predicted octanol–water partition coefficient (Wildman–Crippen LogP) is 0.616. The molecule has 1 aromatic rings. The molecule has 5 nitrogen and oxygen atoms in total. The highest BCUT2D eigenvalue weighted by atomic mass is 15.2. The standard InChI is InChI=1S/C10H17N5/c1-7(2)15(6-11)10(13)8-4-3-5-9(12)14-8/h3-5,7,13H,6,11H2,1-2H3,(H2,12,14).